The van der Waals surface area contributed by atoms with Crippen LogP contribution in [0.5, 0.6) is 0 Å². The van der Waals surface area contributed by atoms with Crippen LogP contribution in [0.1, 0.15) is 11.1 Å². The summed E-state index contributed by atoms with van der Waals surface area (Å²) in [7, 11) is 0. The fraction of sp³-hybridized carbons (Fsp3) is 0.0526. The molecule has 1 N–H and O–H groups in total. The highest BCUT2D eigenvalue weighted by atomic mass is 79.9. The number of carbonyl (C=O) groups excluding carboxylic acids is 1. The fourth-order valence-corrected chi connectivity index (χ4v) is 2.56. The van der Waals surface area contributed by atoms with Crippen molar-refractivity contribution in [3.05, 3.63) is 82.3 Å². The molecular weight excluding hydrogens is 352 g/mol. The molecule has 0 aromatic heterocycles. The minimum absolute atomic E-state index is 0.135. The lowest BCUT2D eigenvalue weighted by atomic mass is 10.1. The average molecular weight is 367 g/mol. The largest absolute Gasteiger partial charge is 0.273 e. The Morgan fingerprint density at radius 2 is 1.74 bits per heavy atom. The molecule has 0 fully saturated rings. The van der Waals surface area contributed by atoms with Crippen LogP contribution in [-0.2, 0) is 11.2 Å². The van der Waals surface area contributed by atoms with Gasteiger partial charge in [0.05, 0.1) is 12.6 Å². The van der Waals surface area contributed by atoms with Crippen LogP contribution >= 0.6 is 15.9 Å². The second-order valence-electron chi connectivity index (χ2n) is 5.20. The van der Waals surface area contributed by atoms with Crippen LogP contribution in [0.4, 0.5) is 0 Å². The number of carbonyl (C=O) groups is 1. The number of nitrogens with one attached hydrogen (secondary N) is 1. The molecule has 0 aliphatic heterocycles. The van der Waals surface area contributed by atoms with Crippen LogP contribution in [0.2, 0.25) is 0 Å². The van der Waals surface area contributed by atoms with Gasteiger partial charge >= 0.3 is 0 Å². The van der Waals surface area contributed by atoms with Crippen molar-refractivity contribution in [1.29, 1.82) is 0 Å². The molecule has 0 unspecified atom stereocenters. The molecule has 3 aromatic rings. The number of rotatable bonds is 4. The van der Waals surface area contributed by atoms with E-state index in [9.17, 15) is 4.79 Å². The van der Waals surface area contributed by atoms with Crippen molar-refractivity contribution in [3.8, 4) is 0 Å². The van der Waals surface area contributed by atoms with Gasteiger partial charge in [-0.3, -0.25) is 4.79 Å². The van der Waals surface area contributed by atoms with E-state index in [1.54, 1.807) is 6.21 Å². The summed E-state index contributed by atoms with van der Waals surface area (Å²) in [6.45, 7) is 0. The SMILES string of the molecule is O=C(Cc1ccc(Br)cc1)NN=Cc1ccc2ccccc2c1. The van der Waals surface area contributed by atoms with Gasteiger partial charge in [-0.1, -0.05) is 64.5 Å². The molecule has 3 nitrogen and oxygen atoms in total. The third kappa shape index (κ3) is 4.27. The first-order valence-corrected chi connectivity index (χ1v) is 8.05. The smallest absolute Gasteiger partial charge is 0.244 e. The molecule has 0 bridgehead atoms. The zero-order valence-electron chi connectivity index (χ0n) is 12.4. The van der Waals surface area contributed by atoms with Gasteiger partial charge in [-0.25, -0.2) is 5.43 Å². The number of hydrogen-bond acceptors (Lipinski definition) is 2. The molecule has 0 aliphatic rings. The Bertz CT molecular complexity index is 857. The maximum atomic E-state index is 11.9. The quantitative estimate of drug-likeness (QED) is 0.542. The Hall–Kier alpha value is -2.46. The highest BCUT2D eigenvalue weighted by Crippen LogP contribution is 2.14. The van der Waals surface area contributed by atoms with Gasteiger partial charge in [0.15, 0.2) is 0 Å². The van der Waals surface area contributed by atoms with E-state index in [1.165, 1.54) is 5.39 Å². The third-order valence-electron chi connectivity index (χ3n) is 3.45. The monoisotopic (exact) mass is 366 g/mol. The predicted octanol–water partition coefficient (Wildman–Crippen LogP) is 4.30. The van der Waals surface area contributed by atoms with E-state index in [2.05, 4.69) is 38.6 Å². The number of hydrogen-bond donors (Lipinski definition) is 1. The first-order valence-electron chi connectivity index (χ1n) is 7.26. The van der Waals surface area contributed by atoms with Gasteiger partial charge in [0.1, 0.15) is 0 Å². The normalized spacial score (nSPS) is 11.0. The Morgan fingerprint density at radius 3 is 2.52 bits per heavy atom. The molecule has 4 heteroatoms. The second kappa shape index (κ2) is 7.20. The maximum absolute atomic E-state index is 11.9. The van der Waals surface area contributed by atoms with Crippen molar-refractivity contribution in [1.82, 2.24) is 5.43 Å². The Labute approximate surface area is 143 Å². The standard InChI is InChI=1S/C19H15BrN2O/c20-18-9-6-14(7-10-18)12-19(23)22-21-13-15-5-8-16-3-1-2-4-17(16)11-15/h1-11,13H,12H2,(H,22,23). The van der Waals surface area contributed by atoms with Crippen LogP contribution in [0.25, 0.3) is 10.8 Å². The average Bonchev–Trinajstić information content (AvgIpc) is 2.57. The van der Waals surface area contributed by atoms with Gasteiger partial charge in [-0.2, -0.15) is 5.10 Å². The van der Waals surface area contributed by atoms with E-state index in [0.717, 1.165) is 21.0 Å². The summed E-state index contributed by atoms with van der Waals surface area (Å²) in [5.41, 5.74) is 4.46. The molecule has 0 heterocycles. The molecule has 0 saturated heterocycles. The Morgan fingerprint density at radius 1 is 1.00 bits per heavy atom. The molecule has 0 radical (unpaired) electrons. The van der Waals surface area contributed by atoms with Gasteiger partial charge in [-0.15, -0.1) is 0 Å². The van der Waals surface area contributed by atoms with Gasteiger partial charge in [0.2, 0.25) is 5.91 Å². The maximum Gasteiger partial charge on any atom is 0.244 e. The minimum Gasteiger partial charge on any atom is -0.273 e. The van der Waals surface area contributed by atoms with E-state index < -0.39 is 0 Å². The van der Waals surface area contributed by atoms with Crippen molar-refractivity contribution >= 4 is 38.8 Å². The summed E-state index contributed by atoms with van der Waals surface area (Å²) in [6.07, 6.45) is 1.97. The highest BCUT2D eigenvalue weighted by molar-refractivity contribution is 9.10. The van der Waals surface area contributed by atoms with Gasteiger partial charge in [0, 0.05) is 4.47 Å². The number of fused-ring (bicyclic) bond motifs is 1. The van der Waals surface area contributed by atoms with Crippen molar-refractivity contribution < 1.29 is 4.79 Å². The fourth-order valence-electron chi connectivity index (χ4n) is 2.29. The number of halogens is 1. The van der Waals surface area contributed by atoms with Gasteiger partial charge in [0.25, 0.3) is 0 Å². The number of benzene rings is 3. The third-order valence-corrected chi connectivity index (χ3v) is 3.98. The summed E-state index contributed by atoms with van der Waals surface area (Å²) in [5, 5.41) is 6.36. The van der Waals surface area contributed by atoms with Gasteiger partial charge in [-0.05, 0) is 40.1 Å². The van der Waals surface area contributed by atoms with Crippen LogP contribution in [0.3, 0.4) is 0 Å². The number of nitrogens with zero attached hydrogens (tertiary/aromatic N) is 1. The molecule has 3 rings (SSSR count). The van der Waals surface area contributed by atoms with Crippen LogP contribution in [0.15, 0.2) is 76.3 Å². The first kappa shape index (κ1) is 15.4. The second-order valence-corrected chi connectivity index (χ2v) is 6.12. The minimum atomic E-state index is -0.135. The number of hydrazone groups is 1. The van der Waals surface area contributed by atoms with Crippen molar-refractivity contribution in [2.24, 2.45) is 5.10 Å². The summed E-state index contributed by atoms with van der Waals surface area (Å²) >= 11 is 3.37. The molecule has 3 aromatic carbocycles. The molecule has 0 atom stereocenters. The van der Waals surface area contributed by atoms with Gasteiger partial charge < -0.3 is 0 Å². The number of amides is 1. The topological polar surface area (TPSA) is 41.5 Å². The highest BCUT2D eigenvalue weighted by Gasteiger charge is 2.01. The molecule has 1 amide bonds. The molecule has 23 heavy (non-hydrogen) atoms. The lowest BCUT2D eigenvalue weighted by molar-refractivity contribution is -0.120. The van der Waals surface area contributed by atoms with Crippen LogP contribution < -0.4 is 5.43 Å². The van der Waals surface area contributed by atoms with Crippen LogP contribution in [0, 0.1) is 0 Å². The summed E-state index contributed by atoms with van der Waals surface area (Å²) in [4.78, 5) is 11.9. The molecule has 0 spiro atoms. The summed E-state index contributed by atoms with van der Waals surface area (Å²) < 4.78 is 0.996. The van der Waals surface area contributed by atoms with E-state index in [-0.39, 0.29) is 5.91 Å². The zero-order valence-corrected chi connectivity index (χ0v) is 14.0. The van der Waals surface area contributed by atoms with E-state index in [0.29, 0.717) is 6.42 Å². The zero-order chi connectivity index (χ0) is 16.1. The summed E-state index contributed by atoms with van der Waals surface area (Å²) in [5.74, 6) is -0.135. The Kier molecular flexibility index (Phi) is 4.83. The lowest BCUT2D eigenvalue weighted by Crippen LogP contribution is -2.19. The van der Waals surface area contributed by atoms with E-state index in [1.807, 2.05) is 54.6 Å². The van der Waals surface area contributed by atoms with Crippen molar-refractivity contribution in [3.63, 3.8) is 0 Å². The molecule has 114 valence electrons. The lowest BCUT2D eigenvalue weighted by Gasteiger charge is -2.01. The van der Waals surface area contributed by atoms with E-state index >= 15 is 0 Å². The van der Waals surface area contributed by atoms with Crippen LogP contribution in [-0.4, -0.2) is 12.1 Å². The molecule has 0 saturated carbocycles. The molecular formula is C19H15BrN2O. The van der Waals surface area contributed by atoms with Crippen molar-refractivity contribution in [2.45, 2.75) is 6.42 Å². The summed E-state index contributed by atoms with van der Waals surface area (Å²) in [6, 6.07) is 21.9. The first-order chi connectivity index (χ1) is 11.2. The Balaban J connectivity index is 1.60. The molecule has 0 aliphatic carbocycles. The van der Waals surface area contributed by atoms with E-state index in [4.69, 9.17) is 0 Å². The predicted molar refractivity (Wildman–Crippen MR) is 97.5 cm³/mol. The van der Waals surface area contributed by atoms with Crippen molar-refractivity contribution in [2.75, 3.05) is 0 Å².